The first-order chi connectivity index (χ1) is 14.4. The van der Waals surface area contributed by atoms with Crippen LogP contribution in [0.1, 0.15) is 17.2 Å². The lowest BCUT2D eigenvalue weighted by molar-refractivity contribution is -0.404. The highest BCUT2D eigenvalue weighted by atomic mass is 16.6. The summed E-state index contributed by atoms with van der Waals surface area (Å²) >= 11 is 0. The number of hydrazone groups is 1. The fraction of sp³-hybridized carbons (Fsp3) is 0.0526. The number of nitrogens with two attached hydrogens (primary N) is 1. The van der Waals surface area contributed by atoms with Gasteiger partial charge in [0.05, 0.1) is 22.8 Å². The van der Waals surface area contributed by atoms with Gasteiger partial charge in [0.15, 0.2) is 0 Å². The zero-order chi connectivity index (χ0) is 21.7. The topological polar surface area (TPSA) is 173 Å². The van der Waals surface area contributed by atoms with Crippen LogP contribution in [0, 0.1) is 21.4 Å². The molecule has 2 aromatic carbocycles. The molecule has 30 heavy (non-hydrogen) atoms. The zero-order valence-corrected chi connectivity index (χ0v) is 15.4. The van der Waals surface area contributed by atoms with E-state index in [4.69, 9.17) is 5.73 Å². The summed E-state index contributed by atoms with van der Waals surface area (Å²) in [6.07, 6.45) is 2.05. The van der Waals surface area contributed by atoms with Crippen molar-refractivity contribution in [3.8, 4) is 17.6 Å². The van der Waals surface area contributed by atoms with Crippen LogP contribution in [0.2, 0.25) is 0 Å². The number of phenols is 2. The van der Waals surface area contributed by atoms with Gasteiger partial charge in [0.2, 0.25) is 5.82 Å². The summed E-state index contributed by atoms with van der Waals surface area (Å²) < 4.78 is 0. The Bertz CT molecular complexity index is 1070. The Kier molecular flexibility index (Phi) is 5.81. The Morgan fingerprint density at radius 1 is 1.23 bits per heavy atom. The molecule has 11 heteroatoms. The molecule has 1 aliphatic rings. The lowest BCUT2D eigenvalue weighted by Gasteiger charge is -2.22. The minimum absolute atomic E-state index is 0.0315. The van der Waals surface area contributed by atoms with Gasteiger partial charge in [-0.15, -0.1) is 0 Å². The lowest BCUT2D eigenvalue weighted by Crippen LogP contribution is -2.39. The first-order valence-corrected chi connectivity index (χ1v) is 8.57. The van der Waals surface area contributed by atoms with Gasteiger partial charge in [-0.1, -0.05) is 12.1 Å². The van der Waals surface area contributed by atoms with Gasteiger partial charge in [0.25, 0.3) is 6.20 Å². The van der Waals surface area contributed by atoms with Crippen molar-refractivity contribution in [3.05, 3.63) is 93.2 Å². The smallest absolute Gasteiger partial charge is 0.277 e. The van der Waals surface area contributed by atoms with Crippen LogP contribution in [0.15, 0.2) is 77.0 Å². The summed E-state index contributed by atoms with van der Waals surface area (Å²) in [6.45, 7) is 0. The summed E-state index contributed by atoms with van der Waals surface area (Å²) in [5.41, 5.74) is 12.9. The van der Waals surface area contributed by atoms with Crippen LogP contribution in [0.5, 0.6) is 11.5 Å². The number of phenolic OH excluding ortho intramolecular Hbond substituents is 2. The van der Waals surface area contributed by atoms with Crippen LogP contribution in [0.4, 0.5) is 0 Å². The number of hydrazine groups is 1. The third-order valence-corrected chi connectivity index (χ3v) is 4.17. The molecule has 1 aliphatic heterocycles. The Balaban J connectivity index is 1.86. The molecule has 0 radical (unpaired) electrons. The molecule has 3 rings (SSSR count). The van der Waals surface area contributed by atoms with E-state index in [0.717, 1.165) is 5.01 Å². The maximum atomic E-state index is 11.1. The number of nitrogens with one attached hydrogen (secondary N) is 2. The largest absolute Gasteiger partial charge is 0.508 e. The van der Waals surface area contributed by atoms with Gasteiger partial charge in [-0.2, -0.15) is 10.4 Å². The molecular weight excluding hydrogens is 390 g/mol. The molecule has 152 valence electrons. The summed E-state index contributed by atoms with van der Waals surface area (Å²) in [5, 5.41) is 44.5. The van der Waals surface area contributed by atoms with E-state index in [1.54, 1.807) is 24.3 Å². The lowest BCUT2D eigenvalue weighted by atomic mass is 10.0. The van der Waals surface area contributed by atoms with Crippen LogP contribution < -0.4 is 16.6 Å². The quantitative estimate of drug-likeness (QED) is 0.269. The van der Waals surface area contributed by atoms with E-state index in [1.165, 1.54) is 30.5 Å². The molecule has 0 saturated carbocycles. The van der Waals surface area contributed by atoms with Crippen molar-refractivity contribution in [1.29, 1.82) is 5.26 Å². The standard InChI is InChI=1S/C19H17N7O4/c20-9-16-18(13-3-7-15(28)8-4-13)24-26(19(16)21)17(11-25(29)30)23-22-10-12-1-5-14(27)6-2-12/h1-8,10-11,18,23-24,27-28H,21H2/b17-11-,22-10+. The summed E-state index contributed by atoms with van der Waals surface area (Å²) in [7, 11) is 0. The summed E-state index contributed by atoms with van der Waals surface area (Å²) in [5.74, 6) is -0.00155. The summed E-state index contributed by atoms with van der Waals surface area (Å²) in [4.78, 5) is 10.4. The molecule has 0 spiro atoms. The highest BCUT2D eigenvalue weighted by Gasteiger charge is 2.34. The monoisotopic (exact) mass is 407 g/mol. The molecule has 0 aromatic heterocycles. The maximum absolute atomic E-state index is 11.1. The number of rotatable bonds is 6. The van der Waals surface area contributed by atoms with Crippen molar-refractivity contribution in [3.63, 3.8) is 0 Å². The number of nitriles is 1. The second-order valence-corrected chi connectivity index (χ2v) is 6.16. The number of hydrogen-bond donors (Lipinski definition) is 5. The van der Waals surface area contributed by atoms with Crippen molar-refractivity contribution >= 4 is 6.21 Å². The van der Waals surface area contributed by atoms with Gasteiger partial charge in [-0.05, 0) is 47.5 Å². The van der Waals surface area contributed by atoms with E-state index >= 15 is 0 Å². The van der Waals surface area contributed by atoms with Gasteiger partial charge in [0.1, 0.15) is 23.4 Å². The zero-order valence-electron chi connectivity index (χ0n) is 15.4. The molecule has 0 fully saturated rings. The molecule has 11 nitrogen and oxygen atoms in total. The minimum atomic E-state index is -0.687. The van der Waals surface area contributed by atoms with E-state index in [9.17, 15) is 25.6 Å². The van der Waals surface area contributed by atoms with Crippen molar-refractivity contribution in [2.45, 2.75) is 6.04 Å². The van der Waals surface area contributed by atoms with Gasteiger partial charge < -0.3 is 15.9 Å². The molecule has 6 N–H and O–H groups in total. The predicted octanol–water partition coefficient (Wildman–Crippen LogP) is 1.35. The number of nitro groups is 1. The molecule has 0 saturated heterocycles. The summed E-state index contributed by atoms with van der Waals surface area (Å²) in [6, 6.07) is 13.6. The van der Waals surface area contributed by atoms with E-state index in [1.807, 2.05) is 6.07 Å². The molecular formula is C19H17N7O4. The number of benzene rings is 2. The first-order valence-electron chi connectivity index (χ1n) is 8.57. The van der Waals surface area contributed by atoms with Crippen molar-refractivity contribution in [2.24, 2.45) is 10.8 Å². The average molecular weight is 407 g/mol. The van der Waals surface area contributed by atoms with Crippen LogP contribution >= 0.6 is 0 Å². The van der Waals surface area contributed by atoms with Crippen LogP contribution in [0.25, 0.3) is 0 Å². The molecule has 2 aromatic rings. The van der Waals surface area contributed by atoms with Gasteiger partial charge in [0, 0.05) is 0 Å². The molecule has 0 amide bonds. The fourth-order valence-corrected chi connectivity index (χ4v) is 2.73. The molecule has 0 bridgehead atoms. The van der Waals surface area contributed by atoms with Gasteiger partial charge in [-0.3, -0.25) is 15.5 Å². The third kappa shape index (κ3) is 4.46. The van der Waals surface area contributed by atoms with Crippen LogP contribution in [-0.2, 0) is 0 Å². The number of hydrogen-bond acceptors (Lipinski definition) is 10. The second-order valence-electron chi connectivity index (χ2n) is 6.16. The number of nitrogens with zero attached hydrogens (tertiary/aromatic N) is 4. The van der Waals surface area contributed by atoms with Crippen molar-refractivity contribution < 1.29 is 15.1 Å². The molecule has 1 heterocycles. The average Bonchev–Trinajstić information content (AvgIpc) is 3.05. The van der Waals surface area contributed by atoms with E-state index in [2.05, 4.69) is 16.0 Å². The Morgan fingerprint density at radius 2 is 1.83 bits per heavy atom. The van der Waals surface area contributed by atoms with Crippen molar-refractivity contribution in [1.82, 2.24) is 15.9 Å². The van der Waals surface area contributed by atoms with Gasteiger partial charge in [-0.25, -0.2) is 10.4 Å². The molecule has 1 unspecified atom stereocenters. The highest BCUT2D eigenvalue weighted by molar-refractivity contribution is 5.79. The Labute approximate surface area is 170 Å². The first kappa shape index (κ1) is 20.2. The molecule has 0 aliphatic carbocycles. The molecule has 1 atom stereocenters. The third-order valence-electron chi connectivity index (χ3n) is 4.17. The minimum Gasteiger partial charge on any atom is -0.508 e. The Hall–Kier alpha value is -4.56. The normalized spacial score (nSPS) is 16.7. The second kappa shape index (κ2) is 8.63. The van der Waals surface area contributed by atoms with Crippen molar-refractivity contribution in [2.75, 3.05) is 0 Å². The fourth-order valence-electron chi connectivity index (χ4n) is 2.73. The van der Waals surface area contributed by atoms with Gasteiger partial charge >= 0.3 is 0 Å². The van der Waals surface area contributed by atoms with E-state index < -0.39 is 11.0 Å². The van der Waals surface area contributed by atoms with E-state index in [0.29, 0.717) is 17.3 Å². The van der Waals surface area contributed by atoms with E-state index in [-0.39, 0.29) is 28.7 Å². The van der Waals surface area contributed by atoms with Crippen LogP contribution in [0.3, 0.4) is 0 Å². The SMILES string of the molecule is N#CC1=C(N)N(/C(=C\[N+](=O)[O-])N/N=C/c2ccc(O)cc2)NC1c1ccc(O)cc1. The maximum Gasteiger partial charge on any atom is 0.277 e. The number of aromatic hydroxyl groups is 2. The highest BCUT2D eigenvalue weighted by Crippen LogP contribution is 2.31. The Morgan fingerprint density at radius 3 is 2.40 bits per heavy atom. The van der Waals surface area contributed by atoms with Crippen LogP contribution in [-0.4, -0.2) is 26.4 Å². The predicted molar refractivity (Wildman–Crippen MR) is 107 cm³/mol.